The molecule has 0 spiro atoms. The Bertz CT molecular complexity index is 1870. The van der Waals surface area contributed by atoms with Crippen molar-refractivity contribution in [3.63, 3.8) is 0 Å². The Morgan fingerprint density at radius 2 is 0.562 bits per heavy atom. The molecule has 0 amide bonds. The van der Waals surface area contributed by atoms with E-state index in [-0.39, 0.29) is 0 Å². The van der Waals surface area contributed by atoms with Gasteiger partial charge in [0.15, 0.2) is 0 Å². The predicted octanol–water partition coefficient (Wildman–Crippen LogP) is 12.0. The SMILES string of the molecule is C#Cc1ccc(-c2ccc(/C=C/[Si](C)(C)/C=C/c3ccc(/C=C/[Si](C)(C)/C=C/c4ccc(-c5ccc(C#C)cc5)cc4)cc3)cc2)cc1. The van der Waals surface area contributed by atoms with Crippen LogP contribution in [0, 0.1) is 24.7 Å². The first-order valence-electron chi connectivity index (χ1n) is 16.3. The van der Waals surface area contributed by atoms with E-state index in [0.717, 1.165) is 11.1 Å². The van der Waals surface area contributed by atoms with E-state index in [4.69, 9.17) is 12.8 Å². The van der Waals surface area contributed by atoms with Gasteiger partial charge in [0.1, 0.15) is 0 Å². The Kier molecular flexibility index (Phi) is 10.9. The molecule has 0 aliphatic rings. The van der Waals surface area contributed by atoms with Crippen LogP contribution in [0.15, 0.2) is 144 Å². The number of rotatable bonds is 10. The molecular formula is C46H42Si2. The van der Waals surface area contributed by atoms with Crippen LogP contribution in [0.3, 0.4) is 0 Å². The lowest BCUT2D eigenvalue weighted by Crippen LogP contribution is -2.18. The fourth-order valence-electron chi connectivity index (χ4n) is 5.16. The van der Waals surface area contributed by atoms with Crippen LogP contribution >= 0.6 is 0 Å². The lowest BCUT2D eigenvalue weighted by molar-refractivity contribution is 1.58. The lowest BCUT2D eigenvalue weighted by atomic mass is 10.0. The van der Waals surface area contributed by atoms with Gasteiger partial charge in [-0.25, -0.2) is 0 Å². The quantitative estimate of drug-likeness (QED) is 0.104. The summed E-state index contributed by atoms with van der Waals surface area (Å²) in [6, 6.07) is 42.5. The van der Waals surface area contributed by atoms with Gasteiger partial charge in [-0.1, -0.05) is 182 Å². The minimum Gasteiger partial charge on any atom is -0.115 e. The van der Waals surface area contributed by atoms with Crippen molar-refractivity contribution in [2.45, 2.75) is 26.2 Å². The third-order valence-corrected chi connectivity index (χ3v) is 12.5. The van der Waals surface area contributed by atoms with Crippen LogP contribution in [0.25, 0.3) is 46.6 Å². The molecule has 0 unspecified atom stereocenters. The summed E-state index contributed by atoms with van der Waals surface area (Å²) in [7, 11) is -3.35. The molecule has 0 saturated heterocycles. The van der Waals surface area contributed by atoms with Gasteiger partial charge in [-0.05, 0) is 68.8 Å². The van der Waals surface area contributed by atoms with Crippen molar-refractivity contribution in [3.8, 4) is 46.9 Å². The first-order valence-corrected chi connectivity index (χ1v) is 22.6. The van der Waals surface area contributed by atoms with Crippen LogP contribution in [0.2, 0.25) is 26.2 Å². The molecular weight excluding hydrogens is 609 g/mol. The third-order valence-electron chi connectivity index (χ3n) is 8.35. The van der Waals surface area contributed by atoms with Gasteiger partial charge in [-0.2, -0.15) is 0 Å². The van der Waals surface area contributed by atoms with Gasteiger partial charge in [0, 0.05) is 11.1 Å². The zero-order valence-corrected chi connectivity index (χ0v) is 30.3. The number of terminal acetylenes is 2. The van der Waals surface area contributed by atoms with E-state index in [2.05, 4.69) is 182 Å². The molecule has 0 saturated carbocycles. The maximum absolute atomic E-state index is 5.49. The lowest BCUT2D eigenvalue weighted by Gasteiger charge is -2.12. The zero-order valence-electron chi connectivity index (χ0n) is 28.3. The molecule has 5 aromatic carbocycles. The Morgan fingerprint density at radius 3 is 0.792 bits per heavy atom. The highest BCUT2D eigenvalue weighted by atomic mass is 28.3. The standard InChI is InChI=1S/C46H42Si2/c1-7-37-13-21-43(22-14-37)45-25-17-41(18-26-45)31-35-47(3,4)33-29-39-9-11-40(12-10-39)30-34-48(5,6)36-32-42-19-27-46(28-20-42)44-23-15-38(8-2)16-24-44/h1-2,9-36H,3-6H3/b33-29+,34-30+,35-31+,36-32+. The summed E-state index contributed by atoms with van der Waals surface area (Å²) in [5.74, 6) is 5.35. The smallest absolute Gasteiger partial charge is 0.0954 e. The van der Waals surface area contributed by atoms with Crippen LogP contribution in [0.5, 0.6) is 0 Å². The minimum atomic E-state index is -1.67. The Hall–Kier alpha value is -5.39. The number of benzene rings is 5. The molecule has 0 aromatic heterocycles. The van der Waals surface area contributed by atoms with Crippen molar-refractivity contribution in [2.24, 2.45) is 0 Å². The van der Waals surface area contributed by atoms with Gasteiger partial charge in [-0.15, -0.1) is 12.8 Å². The second-order valence-corrected chi connectivity index (χ2v) is 21.9. The first-order chi connectivity index (χ1) is 23.1. The second kappa shape index (κ2) is 15.5. The molecule has 0 N–H and O–H groups in total. The molecule has 0 atom stereocenters. The Balaban J connectivity index is 1.14. The van der Waals surface area contributed by atoms with E-state index in [1.807, 2.05) is 24.3 Å². The molecule has 0 radical (unpaired) electrons. The van der Waals surface area contributed by atoms with Gasteiger partial charge in [-0.3, -0.25) is 0 Å². The molecule has 48 heavy (non-hydrogen) atoms. The van der Waals surface area contributed by atoms with E-state index < -0.39 is 16.1 Å². The molecule has 0 nitrogen and oxygen atoms in total. The van der Waals surface area contributed by atoms with E-state index >= 15 is 0 Å². The average molecular weight is 651 g/mol. The van der Waals surface area contributed by atoms with E-state index in [0.29, 0.717) is 0 Å². The van der Waals surface area contributed by atoms with Crippen molar-refractivity contribution in [2.75, 3.05) is 0 Å². The van der Waals surface area contributed by atoms with Crippen LogP contribution in [0.4, 0.5) is 0 Å². The summed E-state index contributed by atoms with van der Waals surface area (Å²) >= 11 is 0. The van der Waals surface area contributed by atoms with Crippen molar-refractivity contribution in [1.29, 1.82) is 0 Å². The van der Waals surface area contributed by atoms with Crippen LogP contribution in [-0.4, -0.2) is 16.1 Å². The van der Waals surface area contributed by atoms with Crippen molar-refractivity contribution < 1.29 is 0 Å². The monoisotopic (exact) mass is 650 g/mol. The third kappa shape index (κ3) is 9.81. The summed E-state index contributed by atoms with van der Waals surface area (Å²) in [5, 5.41) is 0. The summed E-state index contributed by atoms with van der Waals surface area (Å²) < 4.78 is 0. The Labute approximate surface area is 290 Å². The fraction of sp³-hybridized carbons (Fsp3) is 0.0870. The van der Waals surface area contributed by atoms with Crippen molar-refractivity contribution in [1.82, 2.24) is 0 Å². The molecule has 0 aliphatic heterocycles. The summed E-state index contributed by atoms with van der Waals surface area (Å²) in [4.78, 5) is 0. The highest BCUT2D eigenvalue weighted by molar-refractivity contribution is 6.88. The Morgan fingerprint density at radius 1 is 0.354 bits per heavy atom. The average Bonchev–Trinajstić information content (AvgIpc) is 3.12. The molecule has 0 bridgehead atoms. The largest absolute Gasteiger partial charge is 0.115 e. The van der Waals surface area contributed by atoms with Gasteiger partial charge >= 0.3 is 0 Å². The minimum absolute atomic E-state index is 0.903. The van der Waals surface area contributed by atoms with E-state index in [1.54, 1.807) is 0 Å². The van der Waals surface area contributed by atoms with E-state index in [1.165, 1.54) is 44.5 Å². The van der Waals surface area contributed by atoms with Gasteiger partial charge < -0.3 is 0 Å². The molecule has 5 rings (SSSR count). The van der Waals surface area contributed by atoms with Gasteiger partial charge in [0.05, 0.1) is 16.1 Å². The number of hydrogen-bond donors (Lipinski definition) is 0. The van der Waals surface area contributed by atoms with Crippen molar-refractivity contribution in [3.05, 3.63) is 178 Å². The molecule has 5 aromatic rings. The van der Waals surface area contributed by atoms with Gasteiger partial charge in [0.25, 0.3) is 0 Å². The highest BCUT2D eigenvalue weighted by Gasteiger charge is 2.13. The summed E-state index contributed by atoms with van der Waals surface area (Å²) in [5.41, 5.74) is 21.0. The predicted molar refractivity (Wildman–Crippen MR) is 217 cm³/mol. The maximum Gasteiger partial charge on any atom is 0.0954 e. The van der Waals surface area contributed by atoms with Crippen LogP contribution in [-0.2, 0) is 0 Å². The summed E-state index contributed by atoms with van der Waals surface area (Å²) in [6.45, 7) is 9.47. The molecule has 0 fully saturated rings. The van der Waals surface area contributed by atoms with Crippen LogP contribution < -0.4 is 0 Å². The zero-order chi connectivity index (χ0) is 34.0. The number of hydrogen-bond acceptors (Lipinski definition) is 0. The topological polar surface area (TPSA) is 0 Å². The first kappa shape index (κ1) is 34.0. The highest BCUT2D eigenvalue weighted by Crippen LogP contribution is 2.23. The van der Waals surface area contributed by atoms with Crippen LogP contribution in [0.1, 0.15) is 33.4 Å². The van der Waals surface area contributed by atoms with E-state index in [9.17, 15) is 0 Å². The molecule has 0 heterocycles. The maximum atomic E-state index is 5.49. The molecule has 2 heteroatoms. The molecule has 234 valence electrons. The molecule has 0 aliphatic carbocycles. The summed E-state index contributed by atoms with van der Waals surface area (Å²) in [6.07, 6.45) is 20.0. The van der Waals surface area contributed by atoms with Gasteiger partial charge in [0.2, 0.25) is 0 Å². The second-order valence-electron chi connectivity index (χ2n) is 13.3. The normalized spacial score (nSPS) is 12.2. The fourth-order valence-corrected chi connectivity index (χ4v) is 7.87. The van der Waals surface area contributed by atoms with Crippen molar-refractivity contribution >= 4 is 40.5 Å².